The number of sulfonamides is 1. The molecule has 1 aromatic heterocycles. The molecule has 9 heteroatoms. The van der Waals surface area contributed by atoms with Gasteiger partial charge < -0.3 is 10.6 Å². The predicted molar refractivity (Wildman–Crippen MR) is 113 cm³/mol. The van der Waals surface area contributed by atoms with Crippen molar-refractivity contribution < 1.29 is 13.2 Å². The summed E-state index contributed by atoms with van der Waals surface area (Å²) in [6, 6.07) is 16.5. The molecule has 7 nitrogen and oxygen atoms in total. The number of carbonyl (C=O) groups is 1. The fourth-order valence-corrected chi connectivity index (χ4v) is 3.94. The monoisotopic (exact) mass is 460 g/mol. The van der Waals surface area contributed by atoms with Crippen LogP contribution in [0.15, 0.2) is 82.4 Å². The number of benzene rings is 2. The van der Waals surface area contributed by atoms with E-state index in [-0.39, 0.29) is 17.3 Å². The fourth-order valence-electron chi connectivity index (χ4n) is 2.39. The number of carbonyl (C=O) groups excluding carboxylic acids is 1. The smallest absolute Gasteiger partial charge is 0.261 e. The third kappa shape index (κ3) is 5.54. The maximum atomic E-state index is 12.5. The van der Waals surface area contributed by atoms with Gasteiger partial charge in [-0.3, -0.25) is 14.5 Å². The van der Waals surface area contributed by atoms with Gasteiger partial charge in [0.2, 0.25) is 5.91 Å². The molecule has 28 heavy (non-hydrogen) atoms. The van der Waals surface area contributed by atoms with Gasteiger partial charge in [-0.25, -0.2) is 8.42 Å². The summed E-state index contributed by atoms with van der Waals surface area (Å²) in [5.74, 6) is -0.238. The molecule has 0 aliphatic carbocycles. The van der Waals surface area contributed by atoms with Crippen LogP contribution < -0.4 is 15.4 Å². The van der Waals surface area contributed by atoms with Crippen LogP contribution in [0.25, 0.3) is 0 Å². The summed E-state index contributed by atoms with van der Waals surface area (Å²) in [5, 5.41) is 5.72. The quantitative estimate of drug-likeness (QED) is 0.498. The van der Waals surface area contributed by atoms with Crippen LogP contribution in [0.2, 0.25) is 0 Å². The maximum Gasteiger partial charge on any atom is 0.261 e. The lowest BCUT2D eigenvalue weighted by atomic mass is 10.3. The molecule has 0 saturated carbocycles. The molecule has 2 aromatic carbocycles. The molecule has 0 aliphatic heterocycles. The molecule has 0 saturated heterocycles. The van der Waals surface area contributed by atoms with Crippen molar-refractivity contribution in [3.8, 4) is 0 Å². The summed E-state index contributed by atoms with van der Waals surface area (Å²) in [7, 11) is -3.70. The van der Waals surface area contributed by atoms with E-state index in [0.29, 0.717) is 21.5 Å². The van der Waals surface area contributed by atoms with Gasteiger partial charge in [-0.15, -0.1) is 0 Å². The van der Waals surface area contributed by atoms with Gasteiger partial charge in [0.15, 0.2) is 0 Å². The second-order valence-electron chi connectivity index (χ2n) is 5.78. The number of amides is 1. The molecule has 0 unspecified atom stereocenters. The van der Waals surface area contributed by atoms with Crippen molar-refractivity contribution in [2.24, 2.45) is 0 Å². The third-order valence-corrected chi connectivity index (χ3v) is 5.48. The van der Waals surface area contributed by atoms with Gasteiger partial charge in [-0.1, -0.05) is 34.1 Å². The highest BCUT2D eigenvalue weighted by molar-refractivity contribution is 9.10. The Bertz CT molecular complexity index is 1060. The van der Waals surface area contributed by atoms with E-state index >= 15 is 0 Å². The van der Waals surface area contributed by atoms with E-state index in [1.807, 2.05) is 0 Å². The minimum absolute atomic E-state index is 0.0175. The summed E-state index contributed by atoms with van der Waals surface area (Å²) < 4.78 is 28.2. The van der Waals surface area contributed by atoms with Crippen molar-refractivity contribution in [2.45, 2.75) is 4.90 Å². The first kappa shape index (κ1) is 19.8. The van der Waals surface area contributed by atoms with Crippen LogP contribution in [0, 0.1) is 0 Å². The van der Waals surface area contributed by atoms with Crippen LogP contribution in [0.5, 0.6) is 0 Å². The fraction of sp³-hybridized carbons (Fsp3) is 0.0526. The number of aromatic nitrogens is 1. The zero-order valence-corrected chi connectivity index (χ0v) is 17.0. The van der Waals surface area contributed by atoms with Gasteiger partial charge in [-0.05, 0) is 42.5 Å². The molecule has 0 atom stereocenters. The van der Waals surface area contributed by atoms with Gasteiger partial charge in [0.05, 0.1) is 17.1 Å². The lowest BCUT2D eigenvalue weighted by Crippen LogP contribution is -2.21. The zero-order chi connectivity index (χ0) is 20.0. The lowest BCUT2D eigenvalue weighted by Gasteiger charge is -2.12. The van der Waals surface area contributed by atoms with Crippen LogP contribution in [0.4, 0.5) is 17.1 Å². The standard InChI is InChI=1S/C19H17BrN4O3S/c20-14-10-16(22-13-19(25)23-15-6-8-21-9-7-15)12-17(11-14)24-28(26,27)18-4-2-1-3-5-18/h1-12,22,24H,13H2,(H,21,23,25). The van der Waals surface area contributed by atoms with E-state index in [9.17, 15) is 13.2 Å². The van der Waals surface area contributed by atoms with E-state index in [1.54, 1.807) is 60.9 Å². The third-order valence-electron chi connectivity index (χ3n) is 3.62. The number of anilines is 3. The number of hydrogen-bond acceptors (Lipinski definition) is 5. The summed E-state index contributed by atoms with van der Waals surface area (Å²) >= 11 is 3.36. The van der Waals surface area contributed by atoms with E-state index in [4.69, 9.17) is 0 Å². The summed E-state index contributed by atoms with van der Waals surface area (Å²) in [6.45, 7) is 0.0175. The summed E-state index contributed by atoms with van der Waals surface area (Å²) in [6.07, 6.45) is 3.17. The molecule has 0 fully saturated rings. The van der Waals surface area contributed by atoms with Crippen molar-refractivity contribution in [2.75, 3.05) is 21.9 Å². The molecule has 0 spiro atoms. The largest absolute Gasteiger partial charge is 0.376 e. The molecule has 1 amide bonds. The van der Waals surface area contributed by atoms with Crippen molar-refractivity contribution >= 4 is 48.9 Å². The van der Waals surface area contributed by atoms with Crippen LogP contribution in [-0.2, 0) is 14.8 Å². The van der Waals surface area contributed by atoms with Crippen molar-refractivity contribution in [3.05, 3.63) is 77.5 Å². The first-order valence-electron chi connectivity index (χ1n) is 8.24. The molecule has 144 valence electrons. The highest BCUT2D eigenvalue weighted by atomic mass is 79.9. The van der Waals surface area contributed by atoms with Gasteiger partial charge in [0.25, 0.3) is 10.0 Å². The van der Waals surface area contributed by atoms with Crippen molar-refractivity contribution in [1.82, 2.24) is 4.98 Å². The van der Waals surface area contributed by atoms with Crippen LogP contribution in [0.3, 0.4) is 0 Å². The Hall–Kier alpha value is -2.91. The first-order chi connectivity index (χ1) is 13.4. The number of halogens is 1. The van der Waals surface area contributed by atoms with Gasteiger partial charge in [-0.2, -0.15) is 0 Å². The summed E-state index contributed by atoms with van der Waals surface area (Å²) in [4.78, 5) is 16.1. The van der Waals surface area contributed by atoms with Gasteiger partial charge in [0.1, 0.15) is 0 Å². The molecular weight excluding hydrogens is 444 g/mol. The normalized spacial score (nSPS) is 10.9. The number of rotatable bonds is 7. The highest BCUT2D eigenvalue weighted by Crippen LogP contribution is 2.25. The number of pyridine rings is 1. The molecule has 3 N–H and O–H groups in total. The average molecular weight is 461 g/mol. The van der Waals surface area contributed by atoms with Gasteiger partial charge in [0, 0.05) is 28.2 Å². The number of nitrogens with zero attached hydrogens (tertiary/aromatic N) is 1. The average Bonchev–Trinajstić information content (AvgIpc) is 2.67. The van der Waals surface area contributed by atoms with E-state index in [2.05, 4.69) is 36.3 Å². The summed E-state index contributed by atoms with van der Waals surface area (Å²) in [5.41, 5.74) is 1.60. The van der Waals surface area contributed by atoms with Crippen LogP contribution in [-0.4, -0.2) is 25.9 Å². The Balaban J connectivity index is 1.67. The number of hydrogen-bond donors (Lipinski definition) is 3. The zero-order valence-electron chi connectivity index (χ0n) is 14.6. The molecule has 0 bridgehead atoms. The van der Waals surface area contributed by atoms with Gasteiger partial charge >= 0.3 is 0 Å². The SMILES string of the molecule is O=C(CNc1cc(Br)cc(NS(=O)(=O)c2ccccc2)c1)Nc1ccncc1. The van der Waals surface area contributed by atoms with Crippen molar-refractivity contribution in [3.63, 3.8) is 0 Å². The van der Waals surface area contributed by atoms with E-state index in [0.717, 1.165) is 0 Å². The minimum Gasteiger partial charge on any atom is -0.376 e. The van der Waals surface area contributed by atoms with E-state index < -0.39 is 10.0 Å². The van der Waals surface area contributed by atoms with Crippen molar-refractivity contribution in [1.29, 1.82) is 0 Å². The van der Waals surface area contributed by atoms with Crippen LogP contribution >= 0.6 is 15.9 Å². The Morgan fingerprint density at radius 3 is 2.32 bits per heavy atom. The molecular formula is C19H17BrN4O3S. The molecule has 0 radical (unpaired) electrons. The second-order valence-corrected chi connectivity index (χ2v) is 8.38. The van der Waals surface area contributed by atoms with Crippen LogP contribution in [0.1, 0.15) is 0 Å². The lowest BCUT2D eigenvalue weighted by molar-refractivity contribution is -0.114. The molecule has 1 heterocycles. The highest BCUT2D eigenvalue weighted by Gasteiger charge is 2.14. The van der Waals surface area contributed by atoms with E-state index in [1.165, 1.54) is 12.1 Å². The second kappa shape index (κ2) is 8.85. The minimum atomic E-state index is -3.70. The first-order valence-corrected chi connectivity index (χ1v) is 10.5. The maximum absolute atomic E-state index is 12.5. The Kier molecular flexibility index (Phi) is 6.27. The Morgan fingerprint density at radius 1 is 0.929 bits per heavy atom. The molecule has 3 aromatic rings. The Morgan fingerprint density at radius 2 is 1.61 bits per heavy atom. The Labute approximate surface area is 171 Å². The molecule has 0 aliphatic rings. The predicted octanol–water partition coefficient (Wildman–Crippen LogP) is 3.70. The topological polar surface area (TPSA) is 100 Å². The molecule has 3 rings (SSSR count). The number of nitrogens with one attached hydrogen (secondary N) is 3.